The molecule has 4 aromatic rings. The maximum atomic E-state index is 14.0. The first kappa shape index (κ1) is 32.8. The summed E-state index contributed by atoms with van der Waals surface area (Å²) in [6.45, 7) is 4.25. The van der Waals surface area contributed by atoms with Crippen molar-refractivity contribution in [3.8, 4) is 5.69 Å². The van der Waals surface area contributed by atoms with Crippen molar-refractivity contribution >= 4 is 44.7 Å². The molecule has 13 heteroatoms. The summed E-state index contributed by atoms with van der Waals surface area (Å²) in [6, 6.07) is 10.8. The highest BCUT2D eigenvalue weighted by molar-refractivity contribution is 7.99. The molecule has 0 radical (unpaired) electrons. The predicted octanol–water partition coefficient (Wildman–Crippen LogP) is 4.79. The fourth-order valence-electron chi connectivity index (χ4n) is 10.1. The molecule has 0 aliphatic heterocycles. The normalized spacial score (nSPS) is 32.3. The molecule has 0 amide bonds. The van der Waals surface area contributed by atoms with E-state index in [0.29, 0.717) is 35.5 Å². The number of allylic oxidation sites excluding steroid dienone is 1. The van der Waals surface area contributed by atoms with E-state index in [4.69, 9.17) is 5.14 Å². The third-order valence-electron chi connectivity index (χ3n) is 12.6. The zero-order chi connectivity index (χ0) is 34.7. The van der Waals surface area contributed by atoms with Gasteiger partial charge in [0.05, 0.1) is 45.4 Å². The van der Waals surface area contributed by atoms with E-state index in [1.54, 1.807) is 29.8 Å². The Labute approximate surface area is 288 Å². The van der Waals surface area contributed by atoms with Gasteiger partial charge in [0, 0.05) is 12.5 Å². The van der Waals surface area contributed by atoms with Crippen molar-refractivity contribution in [3.05, 3.63) is 71.3 Å². The van der Waals surface area contributed by atoms with Crippen LogP contribution in [0.1, 0.15) is 57.2 Å². The number of ketones is 1. The minimum atomic E-state index is -3.89. The number of aryl methyl sites for hydroxylation is 1. The number of nitrogens with zero attached hydrogens (tertiary/aromatic N) is 4. The number of aromatic nitrogens is 4. The number of halogens is 1. The van der Waals surface area contributed by atoms with Crippen molar-refractivity contribution in [2.45, 2.75) is 74.1 Å². The van der Waals surface area contributed by atoms with Gasteiger partial charge in [-0.25, -0.2) is 27.6 Å². The van der Waals surface area contributed by atoms with E-state index in [9.17, 15) is 27.8 Å². The van der Waals surface area contributed by atoms with Gasteiger partial charge < -0.3 is 14.8 Å². The van der Waals surface area contributed by atoms with Gasteiger partial charge in [-0.15, -0.1) is 0 Å². The molecule has 8 rings (SSSR count). The number of Topliss-reactive ketones (excluding diaryl/α,β-unsaturated/α-hetero) is 1. The molecule has 3 saturated carbocycles. The van der Waals surface area contributed by atoms with Gasteiger partial charge in [-0.2, -0.15) is 5.10 Å². The molecular weight excluding hydrogens is 666 g/mol. The summed E-state index contributed by atoms with van der Waals surface area (Å²) in [5.74, 6) is -0.379. The third kappa shape index (κ3) is 4.83. The van der Waals surface area contributed by atoms with Crippen LogP contribution in [0.15, 0.2) is 64.3 Å². The van der Waals surface area contributed by atoms with Gasteiger partial charge in [0.2, 0.25) is 10.0 Å². The number of benzene rings is 2. The molecule has 258 valence electrons. The summed E-state index contributed by atoms with van der Waals surface area (Å²) in [6.07, 6.45) is 7.23. The molecule has 0 spiro atoms. The van der Waals surface area contributed by atoms with Crippen LogP contribution in [0.3, 0.4) is 0 Å². The Balaban J connectivity index is 1.03. The number of carbonyl (C=O) groups excluding carboxylic acids is 1. The zero-order valence-corrected chi connectivity index (χ0v) is 29.3. The minimum absolute atomic E-state index is 0.00632. The Morgan fingerprint density at radius 1 is 1.16 bits per heavy atom. The molecule has 4 aliphatic carbocycles. The summed E-state index contributed by atoms with van der Waals surface area (Å²) < 4.78 is 41.0. The molecular formula is C36H40FN5O5S2. The molecule has 0 saturated heterocycles. The second-order valence-electron chi connectivity index (χ2n) is 15.0. The Morgan fingerprint density at radius 2 is 1.92 bits per heavy atom. The summed E-state index contributed by atoms with van der Waals surface area (Å²) in [5.41, 5.74) is 2.66. The average molecular weight is 706 g/mol. The highest BCUT2D eigenvalue weighted by Crippen LogP contribution is 2.67. The number of aliphatic hydroxyl groups is 2. The average Bonchev–Trinajstić information content (AvgIpc) is 3.68. The first-order valence-electron chi connectivity index (χ1n) is 16.7. The fourth-order valence-corrected chi connectivity index (χ4v) is 11.6. The lowest BCUT2D eigenvalue weighted by Gasteiger charge is -2.60. The van der Waals surface area contributed by atoms with E-state index in [-0.39, 0.29) is 45.4 Å². The van der Waals surface area contributed by atoms with E-state index in [0.717, 1.165) is 36.2 Å². The minimum Gasteiger partial charge on any atom is -0.393 e. The van der Waals surface area contributed by atoms with Gasteiger partial charge >= 0.3 is 0 Å². The van der Waals surface area contributed by atoms with Gasteiger partial charge in [-0.3, -0.25) is 4.79 Å². The number of sulfonamides is 1. The van der Waals surface area contributed by atoms with Crippen molar-refractivity contribution in [2.24, 2.45) is 40.8 Å². The third-order valence-corrected chi connectivity index (χ3v) is 14.5. The Kier molecular flexibility index (Phi) is 7.41. The Morgan fingerprint density at radius 3 is 2.65 bits per heavy atom. The molecule has 2 heterocycles. The Bertz CT molecular complexity index is 2160. The molecule has 49 heavy (non-hydrogen) atoms. The largest absolute Gasteiger partial charge is 0.393 e. The van der Waals surface area contributed by atoms with Crippen LogP contribution in [0, 0.1) is 34.4 Å². The summed E-state index contributed by atoms with van der Waals surface area (Å²) in [7, 11) is -2.09. The Hall–Kier alpha value is -3.36. The number of fused-ring (bicyclic) bond motifs is 7. The highest BCUT2D eigenvalue weighted by atomic mass is 32.2. The molecule has 3 fully saturated rings. The number of aliphatic hydroxyl groups excluding tert-OH is 1. The van der Waals surface area contributed by atoms with E-state index >= 15 is 0 Å². The van der Waals surface area contributed by atoms with Crippen LogP contribution in [-0.2, 0) is 28.3 Å². The van der Waals surface area contributed by atoms with Crippen LogP contribution < -0.4 is 5.14 Å². The van der Waals surface area contributed by atoms with E-state index in [2.05, 4.69) is 23.1 Å². The molecule has 10 nitrogen and oxygen atoms in total. The first-order valence-corrected chi connectivity index (χ1v) is 19.3. The van der Waals surface area contributed by atoms with Crippen LogP contribution in [0.5, 0.6) is 0 Å². The highest BCUT2D eigenvalue weighted by Gasteiger charge is 2.68. The van der Waals surface area contributed by atoms with Gasteiger partial charge in [0.25, 0.3) is 0 Å². The van der Waals surface area contributed by atoms with Crippen LogP contribution in [-0.4, -0.2) is 61.2 Å². The van der Waals surface area contributed by atoms with E-state index < -0.39 is 27.1 Å². The number of nitrogens with two attached hydrogens (primary N) is 1. The van der Waals surface area contributed by atoms with Gasteiger partial charge in [-0.1, -0.05) is 31.2 Å². The van der Waals surface area contributed by atoms with Crippen LogP contribution in [0.25, 0.3) is 22.8 Å². The van der Waals surface area contributed by atoms with Gasteiger partial charge in [-0.05, 0) is 116 Å². The lowest BCUT2D eigenvalue weighted by molar-refractivity contribution is -0.177. The molecule has 7 atom stereocenters. The molecule has 6 unspecified atom stereocenters. The fraction of sp³-hybridized carbons (Fsp3) is 0.472. The molecule has 4 N–H and O–H groups in total. The first-order chi connectivity index (χ1) is 23.1. The van der Waals surface area contributed by atoms with Crippen molar-refractivity contribution in [1.29, 1.82) is 0 Å². The summed E-state index contributed by atoms with van der Waals surface area (Å²) >= 11 is 1.22. The number of thioether (sulfide) groups is 1. The molecule has 2 aromatic carbocycles. The number of imidazole rings is 1. The van der Waals surface area contributed by atoms with Crippen LogP contribution in [0.4, 0.5) is 4.39 Å². The van der Waals surface area contributed by atoms with Gasteiger partial charge in [0.1, 0.15) is 11.4 Å². The van der Waals surface area contributed by atoms with Crippen molar-refractivity contribution in [2.75, 3.05) is 5.75 Å². The van der Waals surface area contributed by atoms with Crippen LogP contribution in [0.2, 0.25) is 0 Å². The maximum absolute atomic E-state index is 14.0. The summed E-state index contributed by atoms with van der Waals surface area (Å²) in [4.78, 5) is 18.5. The van der Waals surface area contributed by atoms with Crippen molar-refractivity contribution in [3.63, 3.8) is 0 Å². The lowest BCUT2D eigenvalue weighted by Crippen LogP contribution is -2.62. The number of rotatable bonds is 6. The maximum Gasteiger partial charge on any atom is 0.238 e. The second kappa shape index (κ2) is 11.1. The SMILES string of the molecule is Cn1c(SCC(=O)[C@@]2(O)CCC3C4CCC5=Cc6c(cnn6-c6ccc(F)cc6)CC5(C)C4C(O)CC32C)nc2cc(S(N)(=O)=O)ccc21. The standard InChI is InChI=1S/C36H40FN5O5S2/c1-34-16-20-18-39-42(23-7-5-22(37)6-8-23)29(20)14-21(34)4-10-25-26-12-13-36(45,35(26,2)17-30(43)32(25)34)31(44)19-48-33-40-27-15-24(49(38,46)47)9-11-28(27)41(33)3/h5-9,11,14-15,18,25-26,30,32,43,45H,4,10,12-13,16-17,19H2,1-3H3,(H2,38,46,47)/t25?,26?,30?,32?,34?,35?,36-/m0/s1. The zero-order valence-electron chi connectivity index (χ0n) is 27.6. The quantitative estimate of drug-likeness (QED) is 0.242. The second-order valence-corrected chi connectivity index (χ2v) is 17.5. The number of carbonyl (C=O) groups is 1. The van der Waals surface area contributed by atoms with Crippen molar-refractivity contribution in [1.82, 2.24) is 19.3 Å². The van der Waals surface area contributed by atoms with Crippen molar-refractivity contribution < 1.29 is 27.8 Å². The molecule has 4 aliphatic rings. The van der Waals surface area contributed by atoms with Crippen LogP contribution >= 0.6 is 11.8 Å². The molecule has 0 bridgehead atoms. The topological polar surface area (TPSA) is 153 Å². The summed E-state index contributed by atoms with van der Waals surface area (Å²) in [5, 5.41) is 34.8. The van der Waals surface area contributed by atoms with E-state index in [1.807, 2.05) is 17.8 Å². The number of hydrogen-bond acceptors (Lipinski definition) is 8. The monoisotopic (exact) mass is 705 g/mol. The van der Waals surface area contributed by atoms with Gasteiger partial charge in [0.15, 0.2) is 10.9 Å². The smallest absolute Gasteiger partial charge is 0.238 e. The predicted molar refractivity (Wildman–Crippen MR) is 184 cm³/mol. The van der Waals surface area contributed by atoms with E-state index in [1.165, 1.54) is 41.6 Å². The number of hydrogen-bond donors (Lipinski definition) is 3. The number of primary sulfonamides is 1. The lowest BCUT2D eigenvalue weighted by atomic mass is 9.45. The molecule has 2 aromatic heterocycles.